The molecule has 20 heavy (non-hydrogen) atoms. The van der Waals surface area contributed by atoms with E-state index < -0.39 is 11.7 Å². The third-order valence-corrected chi connectivity index (χ3v) is 3.27. The predicted molar refractivity (Wildman–Crippen MR) is 74.2 cm³/mol. The minimum Gasteiger partial charge on any atom is -0.389 e. The second kappa shape index (κ2) is 5.06. The molecule has 0 aliphatic rings. The summed E-state index contributed by atoms with van der Waals surface area (Å²) in [6.45, 7) is 1.66. The van der Waals surface area contributed by atoms with Gasteiger partial charge in [-0.05, 0) is 25.1 Å². The van der Waals surface area contributed by atoms with E-state index in [0.29, 0.717) is 10.7 Å². The first-order chi connectivity index (χ1) is 9.20. The summed E-state index contributed by atoms with van der Waals surface area (Å²) in [4.78, 5) is -0.307. The number of nitrogens with zero attached hydrogens (tertiary/aromatic N) is 2. The number of hydrogen-bond donors (Lipinski definition) is 1. The average Bonchev–Trinajstić information content (AvgIpc) is 2.67. The largest absolute Gasteiger partial charge is 0.417 e. The molecule has 0 saturated heterocycles. The summed E-state index contributed by atoms with van der Waals surface area (Å²) in [5.41, 5.74) is 4.96. The van der Waals surface area contributed by atoms with Crippen LogP contribution in [0.25, 0.3) is 5.69 Å². The van der Waals surface area contributed by atoms with Crippen LogP contribution < -0.4 is 5.73 Å². The Kier molecular flexibility index (Phi) is 3.75. The molecule has 2 aromatic rings. The molecule has 2 N–H and O–H groups in total. The highest BCUT2D eigenvalue weighted by Crippen LogP contribution is 2.33. The third kappa shape index (κ3) is 2.78. The maximum atomic E-state index is 13.0. The van der Waals surface area contributed by atoms with E-state index in [1.54, 1.807) is 6.92 Å². The van der Waals surface area contributed by atoms with E-state index >= 15 is 0 Å². The van der Waals surface area contributed by atoms with Gasteiger partial charge in [0.05, 0.1) is 22.0 Å². The highest BCUT2D eigenvalue weighted by atomic mass is 35.5. The van der Waals surface area contributed by atoms with E-state index in [4.69, 9.17) is 17.3 Å². The summed E-state index contributed by atoms with van der Waals surface area (Å²) in [6.07, 6.45) is -3.12. The quantitative estimate of drug-likeness (QED) is 0.862. The summed E-state index contributed by atoms with van der Waals surface area (Å²) in [5, 5.41) is 4.40. The molecular weight excluding hydrogens is 311 g/mol. The van der Waals surface area contributed by atoms with Gasteiger partial charge in [0.15, 0.2) is 0 Å². The van der Waals surface area contributed by atoms with Crippen molar-refractivity contribution in [2.75, 3.05) is 0 Å². The molecule has 3 nitrogen and oxygen atoms in total. The lowest BCUT2D eigenvalue weighted by atomic mass is 10.1. The second-order valence-corrected chi connectivity index (χ2v) is 4.95. The second-order valence-electron chi connectivity index (χ2n) is 4.10. The van der Waals surface area contributed by atoms with Crippen molar-refractivity contribution < 1.29 is 13.2 Å². The monoisotopic (exact) mass is 319 g/mol. The molecule has 0 saturated carbocycles. The summed E-state index contributed by atoms with van der Waals surface area (Å²) in [5.74, 6) is 0. The van der Waals surface area contributed by atoms with Crippen molar-refractivity contribution in [3.8, 4) is 5.69 Å². The van der Waals surface area contributed by atoms with Gasteiger partial charge >= 0.3 is 6.18 Å². The first-order valence-corrected chi connectivity index (χ1v) is 6.22. The van der Waals surface area contributed by atoms with Gasteiger partial charge in [0, 0.05) is 11.8 Å². The van der Waals surface area contributed by atoms with Gasteiger partial charge in [-0.2, -0.15) is 18.3 Å². The smallest absolute Gasteiger partial charge is 0.389 e. The molecule has 0 bridgehead atoms. The summed E-state index contributed by atoms with van der Waals surface area (Å²) >= 11 is 10.5. The molecular formula is C12H9ClF3N3S. The highest BCUT2D eigenvalue weighted by molar-refractivity contribution is 7.80. The number of hydrogen-bond acceptors (Lipinski definition) is 2. The van der Waals surface area contributed by atoms with Crippen molar-refractivity contribution in [2.24, 2.45) is 5.73 Å². The molecule has 0 aliphatic carbocycles. The maximum Gasteiger partial charge on any atom is 0.417 e. The molecule has 106 valence electrons. The molecule has 2 rings (SSSR count). The van der Waals surface area contributed by atoms with Crippen LogP contribution in [0, 0.1) is 6.92 Å². The Bertz CT molecular complexity index is 660. The van der Waals surface area contributed by atoms with E-state index in [1.165, 1.54) is 23.0 Å². The van der Waals surface area contributed by atoms with Gasteiger partial charge in [-0.15, -0.1) is 0 Å². The number of aromatic nitrogens is 2. The van der Waals surface area contributed by atoms with Crippen LogP contribution in [0.4, 0.5) is 13.2 Å². The van der Waals surface area contributed by atoms with Crippen molar-refractivity contribution in [3.63, 3.8) is 0 Å². The maximum absolute atomic E-state index is 13.0. The molecule has 1 heterocycles. The van der Waals surface area contributed by atoms with Crippen molar-refractivity contribution >= 4 is 28.8 Å². The number of benzene rings is 1. The molecule has 1 aromatic heterocycles. The van der Waals surface area contributed by atoms with Crippen LogP contribution in [-0.4, -0.2) is 14.8 Å². The van der Waals surface area contributed by atoms with Crippen molar-refractivity contribution in [3.05, 3.63) is 46.2 Å². The Morgan fingerprint density at radius 3 is 2.50 bits per heavy atom. The zero-order chi connectivity index (χ0) is 15.1. The average molecular weight is 320 g/mol. The Morgan fingerprint density at radius 1 is 1.40 bits per heavy atom. The molecule has 8 heteroatoms. The van der Waals surface area contributed by atoms with Gasteiger partial charge in [-0.3, -0.25) is 0 Å². The lowest BCUT2D eigenvalue weighted by Crippen LogP contribution is -2.18. The molecule has 0 amide bonds. The fraction of sp³-hybridized carbons (Fsp3) is 0.167. The van der Waals surface area contributed by atoms with Crippen molar-refractivity contribution in [1.29, 1.82) is 0 Å². The third-order valence-electron chi connectivity index (χ3n) is 2.68. The molecule has 0 radical (unpaired) electrons. The SMILES string of the molecule is Cc1nn(-c2ccc(C(N)=S)c(C(F)(F)F)c2)cc1Cl. The van der Waals surface area contributed by atoms with Gasteiger partial charge in [0.25, 0.3) is 0 Å². The van der Waals surface area contributed by atoms with Crippen LogP contribution in [0.15, 0.2) is 24.4 Å². The summed E-state index contributed by atoms with van der Waals surface area (Å²) in [6, 6.07) is 3.62. The molecule has 0 spiro atoms. The fourth-order valence-electron chi connectivity index (χ4n) is 1.70. The molecule has 0 unspecified atom stereocenters. The number of alkyl halides is 3. The van der Waals surface area contributed by atoms with Gasteiger partial charge in [0.2, 0.25) is 0 Å². The molecule has 0 atom stereocenters. The van der Waals surface area contributed by atoms with Gasteiger partial charge in [-0.25, -0.2) is 4.68 Å². The van der Waals surface area contributed by atoms with Crippen LogP contribution in [-0.2, 0) is 6.18 Å². The Hall–Kier alpha value is -1.60. The topological polar surface area (TPSA) is 43.8 Å². The normalized spacial score (nSPS) is 11.7. The van der Waals surface area contributed by atoms with E-state index in [9.17, 15) is 13.2 Å². The number of thiocarbonyl (C=S) groups is 1. The molecule has 0 fully saturated rings. The lowest BCUT2D eigenvalue weighted by Gasteiger charge is -2.13. The van der Waals surface area contributed by atoms with Crippen LogP contribution >= 0.6 is 23.8 Å². The number of rotatable bonds is 2. The first kappa shape index (κ1) is 14.8. The molecule has 1 aromatic carbocycles. The number of aryl methyl sites for hydroxylation is 1. The zero-order valence-electron chi connectivity index (χ0n) is 10.2. The van der Waals surface area contributed by atoms with E-state index in [-0.39, 0.29) is 16.2 Å². The first-order valence-electron chi connectivity index (χ1n) is 5.43. The standard InChI is InChI=1S/C12H9ClF3N3S/c1-6-10(13)5-19(18-6)7-2-3-8(11(17)20)9(4-7)12(14,15)16/h2-5H,1H3,(H2,17,20). The van der Waals surface area contributed by atoms with Crippen LogP contribution in [0.5, 0.6) is 0 Å². The Morgan fingerprint density at radius 2 is 2.05 bits per heavy atom. The molecule has 0 aliphatic heterocycles. The minimum atomic E-state index is -4.55. The van der Waals surface area contributed by atoms with Crippen molar-refractivity contribution in [1.82, 2.24) is 9.78 Å². The number of halogens is 4. The highest BCUT2D eigenvalue weighted by Gasteiger charge is 2.34. The van der Waals surface area contributed by atoms with Gasteiger partial charge < -0.3 is 5.73 Å². The van der Waals surface area contributed by atoms with Crippen molar-refractivity contribution in [2.45, 2.75) is 13.1 Å². The van der Waals surface area contributed by atoms with E-state index in [1.807, 2.05) is 0 Å². The summed E-state index contributed by atoms with van der Waals surface area (Å²) in [7, 11) is 0. The van der Waals surface area contributed by atoms with Gasteiger partial charge in [0.1, 0.15) is 4.99 Å². The predicted octanol–water partition coefficient (Wildman–Crippen LogP) is 3.49. The van der Waals surface area contributed by atoms with E-state index in [2.05, 4.69) is 17.3 Å². The number of nitrogens with two attached hydrogens (primary N) is 1. The van der Waals surface area contributed by atoms with Crippen LogP contribution in [0.1, 0.15) is 16.8 Å². The minimum absolute atomic E-state index is 0.216. The van der Waals surface area contributed by atoms with Crippen LogP contribution in [0.3, 0.4) is 0 Å². The van der Waals surface area contributed by atoms with Gasteiger partial charge in [-0.1, -0.05) is 23.8 Å². The Labute approximate surface area is 123 Å². The van der Waals surface area contributed by atoms with Crippen LogP contribution in [0.2, 0.25) is 5.02 Å². The fourth-order valence-corrected chi connectivity index (χ4v) is 2.00. The Balaban J connectivity index is 2.61. The zero-order valence-corrected chi connectivity index (χ0v) is 11.8. The lowest BCUT2D eigenvalue weighted by molar-refractivity contribution is -0.137. The van der Waals surface area contributed by atoms with E-state index in [0.717, 1.165) is 6.07 Å². The summed E-state index contributed by atoms with van der Waals surface area (Å²) < 4.78 is 40.3.